The highest BCUT2D eigenvalue weighted by Crippen LogP contribution is 2.09. The van der Waals surface area contributed by atoms with E-state index in [0.29, 0.717) is 37.4 Å². The van der Waals surface area contributed by atoms with Crippen molar-refractivity contribution in [1.82, 2.24) is 15.5 Å². The van der Waals surface area contributed by atoms with Gasteiger partial charge in [0.1, 0.15) is 0 Å². The van der Waals surface area contributed by atoms with E-state index in [1.807, 2.05) is 0 Å². The SMILES string of the molecule is COC(=O)c1ccc(C(=O)N(CCNC(=O)CCOCCN)CCNC(=O)CCOCCN)cc1. The van der Waals surface area contributed by atoms with Crippen LogP contribution in [0.1, 0.15) is 33.6 Å². The van der Waals surface area contributed by atoms with Gasteiger partial charge in [-0.2, -0.15) is 0 Å². The van der Waals surface area contributed by atoms with Gasteiger partial charge in [-0.3, -0.25) is 14.4 Å². The predicted molar refractivity (Wildman–Crippen MR) is 129 cm³/mol. The van der Waals surface area contributed by atoms with E-state index in [4.69, 9.17) is 20.9 Å². The number of ether oxygens (including phenoxy) is 3. The number of carbonyl (C=O) groups excluding carboxylic acids is 4. The standard InChI is InChI=1S/C23H37N5O7/c1-33-23(32)19-4-2-18(3-5-19)22(31)28(12-10-26-20(29)6-14-34-16-8-24)13-11-27-21(30)7-15-35-17-9-25/h2-5H,6-17,24-25H2,1H3,(H,26,29)(H,27,30). The van der Waals surface area contributed by atoms with Gasteiger partial charge in [0.15, 0.2) is 0 Å². The molecule has 12 heteroatoms. The molecule has 3 amide bonds. The summed E-state index contributed by atoms with van der Waals surface area (Å²) in [6, 6.07) is 6.07. The van der Waals surface area contributed by atoms with Gasteiger partial charge in [0, 0.05) is 57.7 Å². The van der Waals surface area contributed by atoms with Gasteiger partial charge < -0.3 is 41.2 Å². The summed E-state index contributed by atoms with van der Waals surface area (Å²) in [5.74, 6) is -1.22. The maximum absolute atomic E-state index is 13.1. The topological polar surface area (TPSA) is 175 Å². The summed E-state index contributed by atoms with van der Waals surface area (Å²) in [7, 11) is 1.28. The number of hydrogen-bond donors (Lipinski definition) is 4. The highest BCUT2D eigenvalue weighted by Gasteiger charge is 2.17. The maximum Gasteiger partial charge on any atom is 0.337 e. The van der Waals surface area contributed by atoms with Gasteiger partial charge in [0.05, 0.1) is 39.1 Å². The van der Waals surface area contributed by atoms with Crippen LogP contribution >= 0.6 is 0 Å². The summed E-state index contributed by atoms with van der Waals surface area (Å²) in [6.45, 7) is 2.96. The molecule has 0 radical (unpaired) electrons. The summed E-state index contributed by atoms with van der Waals surface area (Å²) in [5.41, 5.74) is 11.4. The number of methoxy groups -OCH3 is 1. The molecule has 0 atom stereocenters. The molecule has 6 N–H and O–H groups in total. The number of carbonyl (C=O) groups is 4. The van der Waals surface area contributed by atoms with Crippen molar-refractivity contribution in [3.8, 4) is 0 Å². The first-order valence-electron chi connectivity index (χ1n) is 11.5. The highest BCUT2D eigenvalue weighted by atomic mass is 16.5. The van der Waals surface area contributed by atoms with E-state index < -0.39 is 5.97 Å². The molecule has 1 aromatic carbocycles. The Morgan fingerprint density at radius 3 is 1.66 bits per heavy atom. The Morgan fingerprint density at radius 1 is 0.771 bits per heavy atom. The zero-order valence-corrected chi connectivity index (χ0v) is 20.3. The molecule has 0 bridgehead atoms. The first kappa shape index (κ1) is 30.0. The number of benzene rings is 1. The van der Waals surface area contributed by atoms with Crippen molar-refractivity contribution >= 4 is 23.7 Å². The number of nitrogens with one attached hydrogen (secondary N) is 2. The molecule has 35 heavy (non-hydrogen) atoms. The van der Waals surface area contributed by atoms with Gasteiger partial charge in [-0.15, -0.1) is 0 Å². The molecule has 0 unspecified atom stereocenters. The van der Waals surface area contributed by atoms with E-state index >= 15 is 0 Å². The smallest absolute Gasteiger partial charge is 0.337 e. The van der Waals surface area contributed by atoms with E-state index in [9.17, 15) is 19.2 Å². The molecule has 1 aromatic rings. The third-order valence-electron chi connectivity index (χ3n) is 4.72. The van der Waals surface area contributed by atoms with E-state index in [1.54, 1.807) is 0 Å². The predicted octanol–water partition coefficient (Wildman–Crippen LogP) is -1.12. The molecule has 1 rings (SSSR count). The van der Waals surface area contributed by atoms with E-state index in [-0.39, 0.29) is 70.0 Å². The van der Waals surface area contributed by atoms with Crippen molar-refractivity contribution in [3.05, 3.63) is 35.4 Å². The van der Waals surface area contributed by atoms with Crippen LogP contribution in [0.25, 0.3) is 0 Å². The molecule has 0 heterocycles. The van der Waals surface area contributed by atoms with Crippen molar-refractivity contribution in [1.29, 1.82) is 0 Å². The fourth-order valence-electron chi connectivity index (χ4n) is 2.90. The van der Waals surface area contributed by atoms with Gasteiger partial charge >= 0.3 is 5.97 Å². The minimum atomic E-state index is -0.503. The third-order valence-corrected chi connectivity index (χ3v) is 4.72. The van der Waals surface area contributed by atoms with Crippen molar-refractivity contribution in [2.24, 2.45) is 11.5 Å². The molecule has 0 fully saturated rings. The Hall–Kier alpha value is -3.06. The fraction of sp³-hybridized carbons (Fsp3) is 0.565. The lowest BCUT2D eigenvalue weighted by Gasteiger charge is -2.23. The number of hydrogen-bond acceptors (Lipinski definition) is 9. The van der Waals surface area contributed by atoms with Gasteiger partial charge in [-0.25, -0.2) is 4.79 Å². The average Bonchev–Trinajstić information content (AvgIpc) is 2.87. The highest BCUT2D eigenvalue weighted by molar-refractivity contribution is 5.96. The lowest BCUT2D eigenvalue weighted by Crippen LogP contribution is -2.43. The van der Waals surface area contributed by atoms with Crippen LogP contribution in [0.4, 0.5) is 0 Å². The van der Waals surface area contributed by atoms with Gasteiger partial charge in [-0.05, 0) is 24.3 Å². The zero-order valence-electron chi connectivity index (χ0n) is 20.3. The molecular weight excluding hydrogens is 458 g/mol. The number of rotatable bonds is 18. The van der Waals surface area contributed by atoms with Gasteiger partial charge in [0.25, 0.3) is 5.91 Å². The second-order valence-electron chi connectivity index (χ2n) is 7.36. The van der Waals surface area contributed by atoms with E-state index in [0.717, 1.165) is 0 Å². The van der Waals surface area contributed by atoms with Gasteiger partial charge in [0.2, 0.25) is 11.8 Å². The number of nitrogens with two attached hydrogens (primary N) is 2. The minimum absolute atomic E-state index is 0.186. The normalized spacial score (nSPS) is 10.5. The molecule has 12 nitrogen and oxygen atoms in total. The maximum atomic E-state index is 13.1. The second-order valence-corrected chi connectivity index (χ2v) is 7.36. The molecule has 0 aromatic heterocycles. The van der Waals surface area contributed by atoms with Crippen LogP contribution in [0.15, 0.2) is 24.3 Å². The first-order chi connectivity index (χ1) is 16.9. The number of esters is 1. The summed E-state index contributed by atoms with van der Waals surface area (Å²) in [5, 5.41) is 5.50. The van der Waals surface area contributed by atoms with Crippen LogP contribution in [0.5, 0.6) is 0 Å². The fourth-order valence-corrected chi connectivity index (χ4v) is 2.90. The van der Waals surface area contributed by atoms with Crippen molar-refractivity contribution in [2.45, 2.75) is 12.8 Å². The van der Waals surface area contributed by atoms with Crippen molar-refractivity contribution < 1.29 is 33.4 Å². The van der Waals surface area contributed by atoms with Gasteiger partial charge in [-0.1, -0.05) is 0 Å². The lowest BCUT2D eigenvalue weighted by atomic mass is 10.1. The Bertz CT molecular complexity index is 759. The van der Waals surface area contributed by atoms with Crippen molar-refractivity contribution in [2.75, 3.05) is 72.8 Å². The monoisotopic (exact) mass is 495 g/mol. The largest absolute Gasteiger partial charge is 0.465 e. The zero-order chi connectivity index (χ0) is 25.9. The summed E-state index contributed by atoms with van der Waals surface area (Å²) < 4.78 is 15.1. The summed E-state index contributed by atoms with van der Waals surface area (Å²) in [4.78, 5) is 50.1. The minimum Gasteiger partial charge on any atom is -0.465 e. The van der Waals surface area contributed by atoms with Crippen molar-refractivity contribution in [3.63, 3.8) is 0 Å². The average molecular weight is 496 g/mol. The third kappa shape index (κ3) is 12.8. The molecule has 0 aliphatic carbocycles. The summed E-state index contributed by atoms with van der Waals surface area (Å²) >= 11 is 0. The Morgan fingerprint density at radius 2 is 1.23 bits per heavy atom. The van der Waals surface area contributed by atoms with Crippen LogP contribution in [0.2, 0.25) is 0 Å². The molecule has 0 saturated heterocycles. The quantitative estimate of drug-likeness (QED) is 0.145. The van der Waals surface area contributed by atoms with E-state index in [2.05, 4.69) is 15.4 Å². The molecule has 0 aliphatic rings. The Kier molecular flexibility index (Phi) is 15.7. The number of nitrogens with zero attached hydrogens (tertiary/aromatic N) is 1. The molecular formula is C23H37N5O7. The molecule has 0 aliphatic heterocycles. The number of amides is 3. The Labute approximate surface area is 205 Å². The molecule has 196 valence electrons. The molecule has 0 saturated carbocycles. The molecule has 0 spiro atoms. The van der Waals surface area contributed by atoms with Crippen LogP contribution in [-0.4, -0.2) is 101 Å². The van der Waals surface area contributed by atoms with Crippen LogP contribution < -0.4 is 22.1 Å². The lowest BCUT2D eigenvalue weighted by molar-refractivity contribution is -0.122. The second kappa shape index (κ2) is 18.3. The van der Waals surface area contributed by atoms with Crippen LogP contribution in [-0.2, 0) is 23.8 Å². The summed E-state index contributed by atoms with van der Waals surface area (Å²) in [6.07, 6.45) is 0.371. The Balaban J connectivity index is 2.65. The van der Waals surface area contributed by atoms with Crippen LogP contribution in [0, 0.1) is 0 Å². The van der Waals surface area contributed by atoms with Crippen LogP contribution in [0.3, 0.4) is 0 Å². The van der Waals surface area contributed by atoms with E-state index in [1.165, 1.54) is 36.3 Å². The first-order valence-corrected chi connectivity index (χ1v) is 11.5.